The van der Waals surface area contributed by atoms with Gasteiger partial charge >= 0.3 is 0 Å². The van der Waals surface area contributed by atoms with E-state index in [1.165, 1.54) is 4.68 Å². The molecular weight excluding hydrogens is 300 g/mol. The lowest BCUT2D eigenvalue weighted by atomic mass is 9.84. The number of halogens is 2. The van der Waals surface area contributed by atoms with Crippen LogP contribution in [0.25, 0.3) is 5.95 Å². The summed E-state index contributed by atoms with van der Waals surface area (Å²) in [7, 11) is 0. The van der Waals surface area contributed by atoms with Crippen LogP contribution in [-0.2, 0) is 6.42 Å². The SMILES string of the molecule is Cc1cc(CC2CCC(F)(F)CC2)nc(-n2ccc(C#N)n2)n1. The Morgan fingerprint density at radius 3 is 2.74 bits per heavy atom. The van der Waals surface area contributed by atoms with Crippen LogP contribution in [0.15, 0.2) is 18.3 Å². The summed E-state index contributed by atoms with van der Waals surface area (Å²) in [6, 6.07) is 5.43. The number of aryl methyl sites for hydroxylation is 1. The van der Waals surface area contributed by atoms with Gasteiger partial charge in [0.2, 0.25) is 5.92 Å². The van der Waals surface area contributed by atoms with E-state index in [9.17, 15) is 8.78 Å². The van der Waals surface area contributed by atoms with Crippen molar-refractivity contribution in [3.63, 3.8) is 0 Å². The molecule has 0 N–H and O–H groups in total. The van der Waals surface area contributed by atoms with Gasteiger partial charge in [0.25, 0.3) is 5.95 Å². The first-order chi connectivity index (χ1) is 10.9. The molecule has 1 fully saturated rings. The van der Waals surface area contributed by atoms with Crippen LogP contribution in [0.4, 0.5) is 8.78 Å². The van der Waals surface area contributed by atoms with Gasteiger partial charge in [0, 0.05) is 30.4 Å². The number of nitrogens with zero attached hydrogens (tertiary/aromatic N) is 5. The number of nitriles is 1. The van der Waals surface area contributed by atoms with Crippen molar-refractivity contribution >= 4 is 0 Å². The first-order valence-electron chi connectivity index (χ1n) is 7.64. The zero-order valence-electron chi connectivity index (χ0n) is 12.8. The van der Waals surface area contributed by atoms with E-state index in [4.69, 9.17) is 5.26 Å². The van der Waals surface area contributed by atoms with Crippen molar-refractivity contribution in [3.05, 3.63) is 35.4 Å². The first-order valence-corrected chi connectivity index (χ1v) is 7.64. The van der Waals surface area contributed by atoms with E-state index in [1.807, 2.05) is 19.1 Å². The van der Waals surface area contributed by atoms with Gasteiger partial charge in [-0.05, 0) is 44.2 Å². The maximum Gasteiger partial charge on any atom is 0.250 e. The maximum absolute atomic E-state index is 13.2. The highest BCUT2D eigenvalue weighted by Gasteiger charge is 2.34. The van der Waals surface area contributed by atoms with Crippen molar-refractivity contribution in [2.45, 2.75) is 45.0 Å². The molecule has 0 radical (unpaired) electrons. The van der Waals surface area contributed by atoms with E-state index in [1.54, 1.807) is 12.3 Å². The second kappa shape index (κ2) is 6.03. The Bertz CT molecular complexity index is 737. The average Bonchev–Trinajstić information content (AvgIpc) is 2.98. The van der Waals surface area contributed by atoms with Crippen LogP contribution >= 0.6 is 0 Å². The molecule has 2 heterocycles. The summed E-state index contributed by atoms with van der Waals surface area (Å²) in [5, 5.41) is 12.9. The zero-order valence-corrected chi connectivity index (χ0v) is 12.8. The third-order valence-corrected chi connectivity index (χ3v) is 4.14. The van der Waals surface area contributed by atoms with Gasteiger partial charge in [-0.1, -0.05) is 0 Å². The fourth-order valence-corrected chi connectivity index (χ4v) is 2.92. The largest absolute Gasteiger partial charge is 0.250 e. The molecule has 0 saturated heterocycles. The molecule has 2 aromatic heterocycles. The smallest absolute Gasteiger partial charge is 0.216 e. The molecule has 2 aromatic rings. The molecule has 0 aliphatic heterocycles. The average molecular weight is 317 g/mol. The van der Waals surface area contributed by atoms with Gasteiger partial charge in [0.15, 0.2) is 5.69 Å². The summed E-state index contributed by atoms with van der Waals surface area (Å²) in [5.74, 6) is -1.88. The van der Waals surface area contributed by atoms with Gasteiger partial charge < -0.3 is 0 Å². The summed E-state index contributed by atoms with van der Waals surface area (Å²) >= 11 is 0. The molecule has 0 unspecified atom stereocenters. The van der Waals surface area contributed by atoms with Crippen molar-refractivity contribution in [1.82, 2.24) is 19.7 Å². The summed E-state index contributed by atoms with van der Waals surface area (Å²) in [5.41, 5.74) is 1.92. The van der Waals surface area contributed by atoms with Crippen molar-refractivity contribution in [2.75, 3.05) is 0 Å². The van der Waals surface area contributed by atoms with Crippen molar-refractivity contribution in [1.29, 1.82) is 5.26 Å². The molecule has 1 saturated carbocycles. The van der Waals surface area contributed by atoms with E-state index in [0.29, 0.717) is 30.9 Å². The van der Waals surface area contributed by atoms with Gasteiger partial charge in [-0.25, -0.2) is 23.4 Å². The van der Waals surface area contributed by atoms with Crippen molar-refractivity contribution in [3.8, 4) is 12.0 Å². The maximum atomic E-state index is 13.2. The quantitative estimate of drug-likeness (QED) is 0.872. The Hall–Kier alpha value is -2.36. The molecule has 5 nitrogen and oxygen atoms in total. The van der Waals surface area contributed by atoms with E-state index >= 15 is 0 Å². The molecule has 7 heteroatoms. The summed E-state index contributed by atoms with van der Waals surface area (Å²) in [6.07, 6.45) is 3.26. The lowest BCUT2D eigenvalue weighted by Gasteiger charge is -2.28. The predicted octanol–water partition coefficient (Wildman–Crippen LogP) is 3.21. The van der Waals surface area contributed by atoms with Crippen LogP contribution in [0.1, 0.15) is 42.8 Å². The van der Waals surface area contributed by atoms with Gasteiger partial charge in [0.1, 0.15) is 6.07 Å². The molecule has 1 aliphatic rings. The molecule has 120 valence electrons. The highest BCUT2D eigenvalue weighted by molar-refractivity contribution is 5.23. The third-order valence-electron chi connectivity index (χ3n) is 4.14. The fourth-order valence-electron chi connectivity index (χ4n) is 2.92. The van der Waals surface area contributed by atoms with Crippen LogP contribution in [0, 0.1) is 24.2 Å². The lowest BCUT2D eigenvalue weighted by Crippen LogP contribution is -2.25. The van der Waals surface area contributed by atoms with Crippen molar-refractivity contribution in [2.24, 2.45) is 5.92 Å². The lowest BCUT2D eigenvalue weighted by molar-refractivity contribution is -0.0457. The molecule has 23 heavy (non-hydrogen) atoms. The van der Waals surface area contributed by atoms with Crippen molar-refractivity contribution < 1.29 is 8.78 Å². The van der Waals surface area contributed by atoms with Gasteiger partial charge in [-0.3, -0.25) is 0 Å². The van der Waals surface area contributed by atoms with Crippen LogP contribution in [0.2, 0.25) is 0 Å². The molecule has 3 rings (SSSR count). The number of rotatable bonds is 3. The topological polar surface area (TPSA) is 67.4 Å². The standard InChI is InChI=1S/C16H17F2N5/c1-11-8-14(9-12-2-5-16(17,18)6-3-12)21-15(20-11)23-7-4-13(10-19)22-23/h4,7-8,12H,2-3,5-6,9H2,1H3. The van der Waals surface area contributed by atoms with Crippen LogP contribution < -0.4 is 0 Å². The highest BCUT2D eigenvalue weighted by atomic mass is 19.3. The number of hydrogen-bond donors (Lipinski definition) is 0. The Morgan fingerprint density at radius 2 is 2.09 bits per heavy atom. The second-order valence-electron chi connectivity index (χ2n) is 6.06. The van der Waals surface area contributed by atoms with E-state index < -0.39 is 5.92 Å². The minimum absolute atomic E-state index is 0.0424. The Kier molecular flexibility index (Phi) is 4.07. The second-order valence-corrected chi connectivity index (χ2v) is 6.06. The first kappa shape index (κ1) is 15.5. The van der Waals surface area contributed by atoms with Gasteiger partial charge in [-0.2, -0.15) is 10.4 Å². The fraction of sp³-hybridized carbons (Fsp3) is 0.500. The molecular formula is C16H17F2N5. The van der Waals surface area contributed by atoms with Gasteiger partial charge in [-0.15, -0.1) is 0 Å². The Morgan fingerprint density at radius 1 is 1.35 bits per heavy atom. The summed E-state index contributed by atoms with van der Waals surface area (Å²) in [6.45, 7) is 1.86. The van der Waals surface area contributed by atoms with Gasteiger partial charge in [0.05, 0.1) is 0 Å². The van der Waals surface area contributed by atoms with E-state index in [0.717, 1.165) is 11.4 Å². The molecule has 0 spiro atoms. The van der Waals surface area contributed by atoms with E-state index in [2.05, 4.69) is 15.1 Å². The summed E-state index contributed by atoms with van der Waals surface area (Å²) in [4.78, 5) is 8.80. The van der Waals surface area contributed by atoms with Crippen LogP contribution in [0.3, 0.4) is 0 Å². The summed E-state index contributed by atoms with van der Waals surface area (Å²) < 4.78 is 27.9. The third kappa shape index (κ3) is 3.70. The minimum atomic E-state index is -2.51. The molecule has 1 aliphatic carbocycles. The normalized spacial score (nSPS) is 17.8. The monoisotopic (exact) mass is 317 g/mol. The number of hydrogen-bond acceptors (Lipinski definition) is 4. The van der Waals surface area contributed by atoms with Crippen LogP contribution in [0.5, 0.6) is 0 Å². The molecule has 0 bridgehead atoms. The molecule has 0 atom stereocenters. The number of aromatic nitrogens is 4. The number of alkyl halides is 2. The minimum Gasteiger partial charge on any atom is -0.216 e. The van der Waals surface area contributed by atoms with E-state index in [-0.39, 0.29) is 18.8 Å². The molecule has 0 aromatic carbocycles. The highest BCUT2D eigenvalue weighted by Crippen LogP contribution is 2.37. The van der Waals surface area contributed by atoms with Crippen LogP contribution in [-0.4, -0.2) is 25.7 Å². The Labute approximate surface area is 133 Å². The predicted molar refractivity (Wildman–Crippen MR) is 79.2 cm³/mol. The Balaban J connectivity index is 1.77. The zero-order chi connectivity index (χ0) is 16.4. The molecule has 0 amide bonds.